The normalized spacial score (nSPS) is 10.6. The topological polar surface area (TPSA) is 24.9 Å². The highest BCUT2D eigenvalue weighted by Gasteiger charge is 2.03. The minimum atomic E-state index is 0.929. The number of thiazole rings is 1. The first kappa shape index (κ1) is 9.83. The lowest BCUT2D eigenvalue weighted by Gasteiger charge is -1.94. The van der Waals surface area contributed by atoms with E-state index in [2.05, 4.69) is 34.1 Å². The maximum absolute atomic E-state index is 4.40. The summed E-state index contributed by atoms with van der Waals surface area (Å²) in [5.41, 5.74) is 1.24. The van der Waals surface area contributed by atoms with Gasteiger partial charge in [-0.3, -0.25) is 0 Å². The minimum absolute atomic E-state index is 0.929. The number of hydrogen-bond donors (Lipinski definition) is 1. The number of aromatic nitrogens is 1. The second-order valence-electron chi connectivity index (χ2n) is 2.92. The molecule has 2 nitrogen and oxygen atoms in total. The molecule has 2 aromatic heterocycles. The average molecular weight is 224 g/mol. The van der Waals surface area contributed by atoms with Crippen molar-refractivity contribution in [2.75, 3.05) is 6.54 Å². The standard InChI is InChI=1S/C10H12N2S2/c1-2-11-5-9-6-12-10(14-9)8-3-4-13-7-8/h3-4,6-7,11H,2,5H2,1H3. The van der Waals surface area contributed by atoms with E-state index < -0.39 is 0 Å². The fourth-order valence-electron chi connectivity index (χ4n) is 1.16. The number of rotatable bonds is 4. The molecule has 4 heteroatoms. The monoisotopic (exact) mass is 224 g/mol. The SMILES string of the molecule is CCNCc1cnc(-c2ccsc2)s1. The molecule has 0 aromatic carbocycles. The molecule has 2 aromatic rings. The van der Waals surface area contributed by atoms with Gasteiger partial charge in [-0.25, -0.2) is 4.98 Å². The number of hydrogen-bond acceptors (Lipinski definition) is 4. The molecule has 0 saturated heterocycles. The van der Waals surface area contributed by atoms with E-state index in [9.17, 15) is 0 Å². The zero-order valence-corrected chi connectivity index (χ0v) is 9.62. The Morgan fingerprint density at radius 2 is 2.43 bits per heavy atom. The summed E-state index contributed by atoms with van der Waals surface area (Å²) in [6.07, 6.45) is 1.96. The van der Waals surface area contributed by atoms with Crippen LogP contribution in [-0.4, -0.2) is 11.5 Å². The molecule has 2 heterocycles. The minimum Gasteiger partial charge on any atom is -0.312 e. The van der Waals surface area contributed by atoms with Crippen LogP contribution < -0.4 is 5.32 Å². The fourth-order valence-corrected chi connectivity index (χ4v) is 2.75. The molecule has 74 valence electrons. The molecule has 14 heavy (non-hydrogen) atoms. The summed E-state index contributed by atoms with van der Waals surface area (Å²) >= 11 is 3.48. The average Bonchev–Trinajstić information content (AvgIpc) is 2.85. The molecule has 0 aliphatic carbocycles. The van der Waals surface area contributed by atoms with Crippen molar-refractivity contribution in [1.82, 2.24) is 10.3 Å². The molecule has 0 aliphatic rings. The van der Waals surface area contributed by atoms with Crippen LogP contribution in [0.4, 0.5) is 0 Å². The predicted molar refractivity (Wildman–Crippen MR) is 62.8 cm³/mol. The van der Waals surface area contributed by atoms with Crippen molar-refractivity contribution < 1.29 is 0 Å². The summed E-state index contributed by atoms with van der Waals surface area (Å²) < 4.78 is 0. The van der Waals surface area contributed by atoms with Crippen LogP contribution in [0.2, 0.25) is 0 Å². The third-order valence-corrected chi connectivity index (χ3v) is 3.60. The molecule has 2 rings (SSSR count). The smallest absolute Gasteiger partial charge is 0.124 e. The van der Waals surface area contributed by atoms with E-state index in [-0.39, 0.29) is 0 Å². The van der Waals surface area contributed by atoms with Gasteiger partial charge in [0.25, 0.3) is 0 Å². The first-order valence-corrected chi connectivity index (χ1v) is 6.34. The van der Waals surface area contributed by atoms with Gasteiger partial charge in [-0.15, -0.1) is 11.3 Å². The summed E-state index contributed by atoms with van der Waals surface area (Å²) in [5, 5.41) is 8.64. The van der Waals surface area contributed by atoms with Crippen molar-refractivity contribution in [1.29, 1.82) is 0 Å². The molecule has 1 N–H and O–H groups in total. The summed E-state index contributed by atoms with van der Waals surface area (Å²) in [7, 11) is 0. The van der Waals surface area contributed by atoms with E-state index in [1.54, 1.807) is 22.7 Å². The van der Waals surface area contributed by atoms with Gasteiger partial charge in [0.1, 0.15) is 5.01 Å². The van der Waals surface area contributed by atoms with Crippen molar-refractivity contribution in [3.63, 3.8) is 0 Å². The Labute approximate surface area is 91.6 Å². The second-order valence-corrected chi connectivity index (χ2v) is 4.82. The molecule has 0 bridgehead atoms. The molecule has 0 aliphatic heterocycles. The van der Waals surface area contributed by atoms with E-state index in [4.69, 9.17) is 0 Å². The molecule has 0 amide bonds. The first-order chi connectivity index (χ1) is 6.90. The Balaban J connectivity index is 2.10. The highest BCUT2D eigenvalue weighted by Crippen LogP contribution is 2.26. The van der Waals surface area contributed by atoms with Gasteiger partial charge in [0.2, 0.25) is 0 Å². The fraction of sp³-hybridized carbons (Fsp3) is 0.300. The maximum atomic E-state index is 4.40. The van der Waals surface area contributed by atoms with Crippen LogP contribution in [0.5, 0.6) is 0 Å². The van der Waals surface area contributed by atoms with Gasteiger partial charge in [0.05, 0.1) is 0 Å². The van der Waals surface area contributed by atoms with Crippen LogP contribution in [0.3, 0.4) is 0 Å². The highest BCUT2D eigenvalue weighted by atomic mass is 32.1. The second kappa shape index (κ2) is 4.68. The van der Waals surface area contributed by atoms with E-state index in [1.807, 2.05) is 6.20 Å². The van der Waals surface area contributed by atoms with E-state index in [0.717, 1.165) is 18.1 Å². The van der Waals surface area contributed by atoms with Crippen molar-refractivity contribution >= 4 is 22.7 Å². The summed E-state index contributed by atoms with van der Waals surface area (Å²) in [6, 6.07) is 2.11. The quantitative estimate of drug-likeness (QED) is 0.863. The Morgan fingerprint density at radius 3 is 3.14 bits per heavy atom. The number of nitrogens with zero attached hydrogens (tertiary/aromatic N) is 1. The molecule has 0 unspecified atom stereocenters. The van der Waals surface area contributed by atoms with Gasteiger partial charge in [-0.2, -0.15) is 11.3 Å². The Morgan fingerprint density at radius 1 is 1.50 bits per heavy atom. The lowest BCUT2D eigenvalue weighted by molar-refractivity contribution is 0.734. The lowest BCUT2D eigenvalue weighted by atomic mass is 10.4. The van der Waals surface area contributed by atoms with Gasteiger partial charge in [0.15, 0.2) is 0 Å². The third-order valence-electron chi connectivity index (χ3n) is 1.87. The molecular formula is C10H12N2S2. The summed E-state index contributed by atoms with van der Waals surface area (Å²) in [4.78, 5) is 5.70. The predicted octanol–water partition coefficient (Wildman–Crippen LogP) is 2.98. The Kier molecular flexibility index (Phi) is 3.29. The van der Waals surface area contributed by atoms with Gasteiger partial charge in [0, 0.05) is 28.6 Å². The van der Waals surface area contributed by atoms with Gasteiger partial charge in [-0.05, 0) is 18.0 Å². The summed E-state index contributed by atoms with van der Waals surface area (Å²) in [5.74, 6) is 0. The van der Waals surface area contributed by atoms with Crippen LogP contribution in [0.15, 0.2) is 23.0 Å². The summed E-state index contributed by atoms with van der Waals surface area (Å²) in [6.45, 7) is 4.05. The van der Waals surface area contributed by atoms with Gasteiger partial charge >= 0.3 is 0 Å². The largest absolute Gasteiger partial charge is 0.312 e. The first-order valence-electron chi connectivity index (χ1n) is 4.58. The van der Waals surface area contributed by atoms with Crippen molar-refractivity contribution in [3.8, 4) is 10.6 Å². The van der Waals surface area contributed by atoms with Crippen LogP contribution in [0.1, 0.15) is 11.8 Å². The Bertz CT molecular complexity index is 378. The third kappa shape index (κ3) is 2.20. The molecular weight excluding hydrogens is 212 g/mol. The zero-order valence-electron chi connectivity index (χ0n) is 7.99. The van der Waals surface area contributed by atoms with Crippen LogP contribution in [0.25, 0.3) is 10.6 Å². The molecule has 0 radical (unpaired) electrons. The van der Waals surface area contributed by atoms with Crippen molar-refractivity contribution in [2.24, 2.45) is 0 Å². The van der Waals surface area contributed by atoms with Crippen LogP contribution in [0, 0.1) is 0 Å². The zero-order chi connectivity index (χ0) is 9.80. The van der Waals surface area contributed by atoms with E-state index in [0.29, 0.717) is 0 Å². The van der Waals surface area contributed by atoms with Crippen LogP contribution >= 0.6 is 22.7 Å². The molecule has 0 saturated carbocycles. The lowest BCUT2D eigenvalue weighted by Crippen LogP contribution is -2.10. The number of thiophene rings is 1. The van der Waals surface area contributed by atoms with Gasteiger partial charge < -0.3 is 5.32 Å². The van der Waals surface area contributed by atoms with Crippen molar-refractivity contribution in [3.05, 3.63) is 27.9 Å². The van der Waals surface area contributed by atoms with E-state index >= 15 is 0 Å². The molecule has 0 atom stereocenters. The highest BCUT2D eigenvalue weighted by molar-refractivity contribution is 7.15. The maximum Gasteiger partial charge on any atom is 0.124 e. The van der Waals surface area contributed by atoms with Gasteiger partial charge in [-0.1, -0.05) is 6.92 Å². The molecule has 0 fully saturated rings. The van der Waals surface area contributed by atoms with Crippen molar-refractivity contribution in [2.45, 2.75) is 13.5 Å². The number of nitrogens with one attached hydrogen (secondary N) is 1. The van der Waals surface area contributed by atoms with E-state index in [1.165, 1.54) is 10.4 Å². The molecule has 0 spiro atoms. The van der Waals surface area contributed by atoms with Crippen LogP contribution in [-0.2, 0) is 6.54 Å². The Hall–Kier alpha value is -0.710.